The highest BCUT2D eigenvalue weighted by atomic mass is 35.5. The molecule has 96 valence electrons. The highest BCUT2D eigenvalue weighted by molar-refractivity contribution is 6.35. The molecule has 0 radical (unpaired) electrons. The topological polar surface area (TPSA) is 20.2 Å². The molecule has 1 N–H and O–H groups in total. The number of hydrogen-bond acceptors (Lipinski definition) is 1. The van der Waals surface area contributed by atoms with Gasteiger partial charge in [-0.3, -0.25) is 0 Å². The monoisotopic (exact) mass is 290 g/mol. The van der Waals surface area contributed by atoms with Crippen LogP contribution in [0.4, 0.5) is 0 Å². The average Bonchev–Trinajstić information content (AvgIpc) is 2.39. The first-order valence-corrected chi connectivity index (χ1v) is 6.50. The molecule has 2 rings (SSSR count). The fourth-order valence-corrected chi connectivity index (χ4v) is 2.60. The van der Waals surface area contributed by atoms with Crippen LogP contribution in [0.1, 0.15) is 17.5 Å². The molecule has 0 bridgehead atoms. The average molecular weight is 291 g/mol. The van der Waals surface area contributed by atoms with Gasteiger partial charge in [-0.15, -0.1) is 12.3 Å². The van der Waals surface area contributed by atoms with Gasteiger partial charge in [-0.25, -0.2) is 0 Å². The lowest BCUT2D eigenvalue weighted by Gasteiger charge is -2.28. The number of rotatable bonds is 3. The van der Waals surface area contributed by atoms with Gasteiger partial charge in [-0.05, 0) is 17.7 Å². The van der Waals surface area contributed by atoms with Crippen LogP contribution in [0.3, 0.4) is 0 Å². The second kappa shape index (κ2) is 5.67. The maximum Gasteiger partial charge on any atom is 0.127 e. The summed E-state index contributed by atoms with van der Waals surface area (Å²) in [6, 6.07) is 14.2. The summed E-state index contributed by atoms with van der Waals surface area (Å²) in [6.45, 7) is 0. The summed E-state index contributed by atoms with van der Waals surface area (Å²) in [7, 11) is 0. The zero-order chi connectivity index (χ0) is 13.9. The summed E-state index contributed by atoms with van der Waals surface area (Å²) in [5.41, 5.74) is -0.0441. The van der Waals surface area contributed by atoms with Crippen molar-refractivity contribution < 1.29 is 5.11 Å². The largest absolute Gasteiger partial charge is 0.379 e. The molecule has 0 saturated heterocycles. The lowest BCUT2D eigenvalue weighted by Crippen LogP contribution is -2.27. The summed E-state index contributed by atoms with van der Waals surface area (Å²) in [6.07, 6.45) is 5.53. The Kier molecular flexibility index (Phi) is 4.17. The second-order valence-electron chi connectivity index (χ2n) is 4.23. The van der Waals surface area contributed by atoms with Crippen molar-refractivity contribution in [2.24, 2.45) is 0 Å². The van der Waals surface area contributed by atoms with E-state index in [2.05, 4.69) is 5.92 Å². The predicted octanol–water partition coefficient (Wildman–Crippen LogP) is 4.25. The molecule has 0 amide bonds. The highest BCUT2D eigenvalue weighted by Crippen LogP contribution is 2.37. The Hall–Kier alpha value is -1.46. The normalized spacial score (nSPS) is 13.6. The van der Waals surface area contributed by atoms with Crippen molar-refractivity contribution in [2.75, 3.05) is 0 Å². The minimum absolute atomic E-state index is 0.137. The van der Waals surface area contributed by atoms with Gasteiger partial charge in [0, 0.05) is 22.0 Å². The molecule has 0 aliphatic carbocycles. The molecule has 0 spiro atoms. The third-order valence-electron chi connectivity index (χ3n) is 2.99. The van der Waals surface area contributed by atoms with Crippen molar-refractivity contribution in [1.82, 2.24) is 0 Å². The Balaban J connectivity index is 2.60. The van der Waals surface area contributed by atoms with Crippen molar-refractivity contribution in [2.45, 2.75) is 12.0 Å². The number of terminal acetylenes is 1. The van der Waals surface area contributed by atoms with Crippen LogP contribution >= 0.6 is 23.2 Å². The fraction of sp³-hybridized carbons (Fsp3) is 0.125. The maximum atomic E-state index is 11.0. The standard InChI is InChI=1S/C16H12Cl2O/c1-2-10-16(19,12-6-4-3-5-7-12)14-9-8-13(17)11-15(14)18/h1,3-9,11,19H,10H2. The molecule has 2 aromatic carbocycles. The van der Waals surface area contributed by atoms with Crippen molar-refractivity contribution >= 4 is 23.2 Å². The zero-order valence-corrected chi connectivity index (χ0v) is 11.6. The molecule has 1 unspecified atom stereocenters. The lowest BCUT2D eigenvalue weighted by atomic mass is 9.84. The Morgan fingerprint density at radius 2 is 1.79 bits per heavy atom. The van der Waals surface area contributed by atoms with E-state index in [1.807, 2.05) is 30.3 Å². The number of halogens is 2. The van der Waals surface area contributed by atoms with E-state index in [1.165, 1.54) is 0 Å². The van der Waals surface area contributed by atoms with Gasteiger partial charge >= 0.3 is 0 Å². The fourth-order valence-electron chi connectivity index (χ4n) is 2.04. The molecule has 2 aromatic rings. The van der Waals surface area contributed by atoms with Gasteiger partial charge < -0.3 is 5.11 Å². The van der Waals surface area contributed by atoms with Crippen LogP contribution < -0.4 is 0 Å². The van der Waals surface area contributed by atoms with E-state index < -0.39 is 5.60 Å². The number of hydrogen-bond donors (Lipinski definition) is 1. The molecule has 0 fully saturated rings. The third kappa shape index (κ3) is 2.77. The number of benzene rings is 2. The van der Waals surface area contributed by atoms with Crippen LogP contribution in [0.5, 0.6) is 0 Å². The summed E-state index contributed by atoms with van der Waals surface area (Å²) >= 11 is 12.1. The molecule has 0 aliphatic heterocycles. The van der Waals surface area contributed by atoms with Gasteiger partial charge in [0.15, 0.2) is 0 Å². The first-order chi connectivity index (χ1) is 9.08. The molecule has 0 heterocycles. The van der Waals surface area contributed by atoms with E-state index in [0.29, 0.717) is 21.2 Å². The summed E-state index contributed by atoms with van der Waals surface area (Å²) in [4.78, 5) is 0. The Labute approximate surface area is 122 Å². The van der Waals surface area contributed by atoms with Crippen LogP contribution in [-0.4, -0.2) is 5.11 Å². The Morgan fingerprint density at radius 3 is 2.37 bits per heavy atom. The molecular weight excluding hydrogens is 279 g/mol. The first kappa shape index (κ1) is 14.0. The van der Waals surface area contributed by atoms with Crippen molar-refractivity contribution in [3.63, 3.8) is 0 Å². The van der Waals surface area contributed by atoms with E-state index >= 15 is 0 Å². The van der Waals surface area contributed by atoms with Crippen LogP contribution in [-0.2, 0) is 5.60 Å². The van der Waals surface area contributed by atoms with Crippen LogP contribution in [0, 0.1) is 12.3 Å². The molecule has 1 nitrogen and oxygen atoms in total. The number of aliphatic hydroxyl groups is 1. The van der Waals surface area contributed by atoms with E-state index in [0.717, 1.165) is 0 Å². The van der Waals surface area contributed by atoms with Crippen LogP contribution in [0.15, 0.2) is 48.5 Å². The Bertz CT molecular complexity index is 616. The van der Waals surface area contributed by atoms with Gasteiger partial charge in [0.25, 0.3) is 0 Å². The summed E-state index contributed by atoms with van der Waals surface area (Å²) in [5.74, 6) is 2.51. The maximum absolute atomic E-state index is 11.0. The molecule has 3 heteroatoms. The van der Waals surface area contributed by atoms with Gasteiger partial charge in [0.1, 0.15) is 5.60 Å². The van der Waals surface area contributed by atoms with Gasteiger partial charge in [-0.2, -0.15) is 0 Å². The molecule has 0 aliphatic rings. The minimum atomic E-state index is -1.31. The van der Waals surface area contributed by atoms with Crippen LogP contribution in [0.2, 0.25) is 10.0 Å². The Morgan fingerprint density at radius 1 is 1.11 bits per heavy atom. The van der Waals surface area contributed by atoms with E-state index in [9.17, 15) is 5.11 Å². The first-order valence-electron chi connectivity index (χ1n) is 5.75. The third-order valence-corrected chi connectivity index (χ3v) is 3.53. The van der Waals surface area contributed by atoms with Gasteiger partial charge in [0.05, 0.1) is 0 Å². The van der Waals surface area contributed by atoms with Gasteiger partial charge in [-0.1, -0.05) is 59.6 Å². The minimum Gasteiger partial charge on any atom is -0.379 e. The zero-order valence-electron chi connectivity index (χ0n) is 10.1. The van der Waals surface area contributed by atoms with Crippen molar-refractivity contribution in [3.05, 3.63) is 69.7 Å². The molecule has 0 saturated carbocycles. The van der Waals surface area contributed by atoms with Gasteiger partial charge in [0.2, 0.25) is 0 Å². The molecular formula is C16H12Cl2O. The second-order valence-corrected chi connectivity index (χ2v) is 5.08. The summed E-state index contributed by atoms with van der Waals surface area (Å²) in [5, 5.41) is 11.9. The molecule has 1 atom stereocenters. The quantitative estimate of drug-likeness (QED) is 0.838. The summed E-state index contributed by atoms with van der Waals surface area (Å²) < 4.78 is 0. The van der Waals surface area contributed by atoms with E-state index in [4.69, 9.17) is 29.6 Å². The molecule has 19 heavy (non-hydrogen) atoms. The SMILES string of the molecule is C#CCC(O)(c1ccccc1)c1ccc(Cl)cc1Cl. The van der Waals surface area contributed by atoms with Crippen molar-refractivity contribution in [3.8, 4) is 12.3 Å². The van der Waals surface area contributed by atoms with Crippen molar-refractivity contribution in [1.29, 1.82) is 0 Å². The smallest absolute Gasteiger partial charge is 0.127 e. The van der Waals surface area contributed by atoms with Crippen LogP contribution in [0.25, 0.3) is 0 Å². The highest BCUT2D eigenvalue weighted by Gasteiger charge is 2.32. The van der Waals surface area contributed by atoms with E-state index in [1.54, 1.807) is 18.2 Å². The lowest BCUT2D eigenvalue weighted by molar-refractivity contribution is 0.0867. The predicted molar refractivity (Wildman–Crippen MR) is 79.4 cm³/mol. The molecule has 0 aromatic heterocycles. The van der Waals surface area contributed by atoms with E-state index in [-0.39, 0.29) is 6.42 Å².